The highest BCUT2D eigenvalue weighted by atomic mass is 16.8. The molecule has 28 nitrogen and oxygen atoms in total. The van der Waals surface area contributed by atoms with Crippen LogP contribution in [-0.4, -0.2) is 292 Å². The molecule has 0 radical (unpaired) electrons. The lowest BCUT2D eigenvalue weighted by Gasteiger charge is -2.61. The van der Waals surface area contributed by atoms with Gasteiger partial charge in [-0.1, -0.05) is 27.7 Å². The lowest BCUT2D eigenvalue weighted by Crippen LogP contribution is -2.68. The van der Waals surface area contributed by atoms with Crippen LogP contribution in [0.1, 0.15) is 91.9 Å². The van der Waals surface area contributed by atoms with E-state index in [9.17, 15) is 86.8 Å². The zero-order valence-electron chi connectivity index (χ0n) is 48.0. The van der Waals surface area contributed by atoms with Crippen molar-refractivity contribution in [2.24, 2.45) is 52.3 Å². The van der Waals surface area contributed by atoms with Crippen LogP contribution in [0, 0.1) is 52.3 Å². The van der Waals surface area contributed by atoms with Gasteiger partial charge in [0.05, 0.1) is 51.8 Å². The molecular formula is C56H94O28. The SMILES string of the molecule is C[C@H](CCC1(O)O[C@H]2C[C@H]3[C@@H]4CC[C@H]5C[C@@H](O[C@@H]6O[C@H](CO)[C@H](O[C@@H]7O[C@H](CO)[C@@H](O)[C@H](O[C@@H]8OC[C@@H](O)[C@H](O)[C@H]8O)[C@H]7O[C@@H]7O[C@H](CO)[C@@H](O)[C@H](O)[C@H]7O)[C@H](O)[C@H]6O)CC[C@]5(C)[C@H]4CC[C@]3(C)[C@H]2[C@@H]1C)CO[C@@H]1O[C@H](CO)[C@@H](O)[C@H](O)[C@H]1O. The van der Waals surface area contributed by atoms with Gasteiger partial charge in [0.15, 0.2) is 37.2 Å². The minimum absolute atomic E-state index is 0.0288. The summed E-state index contributed by atoms with van der Waals surface area (Å²) in [4.78, 5) is 0. The van der Waals surface area contributed by atoms with Crippen molar-refractivity contribution in [2.45, 2.75) is 257 Å². The van der Waals surface area contributed by atoms with Crippen LogP contribution in [0.4, 0.5) is 0 Å². The zero-order chi connectivity index (χ0) is 60.6. The summed E-state index contributed by atoms with van der Waals surface area (Å²) in [5.74, 6) is 0.0903. The normalized spacial score (nSPS) is 55.4. The van der Waals surface area contributed by atoms with Crippen molar-refractivity contribution in [3.05, 3.63) is 0 Å². The number of rotatable bonds is 18. The first-order valence-electron chi connectivity index (χ1n) is 30.3. The summed E-state index contributed by atoms with van der Waals surface area (Å²) in [6.45, 7) is 5.31. The van der Waals surface area contributed by atoms with E-state index in [4.69, 9.17) is 52.1 Å². The lowest BCUT2D eigenvalue weighted by atomic mass is 9.44. The molecule has 6 saturated heterocycles. The number of aliphatic hydroxyl groups excluding tert-OH is 16. The van der Waals surface area contributed by atoms with E-state index in [1.165, 1.54) is 0 Å². The molecule has 0 bridgehead atoms. The van der Waals surface area contributed by atoms with Gasteiger partial charge in [0.2, 0.25) is 0 Å². The third-order valence-electron chi connectivity index (χ3n) is 21.8. The predicted octanol–water partition coefficient (Wildman–Crippen LogP) is -5.49. The van der Waals surface area contributed by atoms with Crippen molar-refractivity contribution in [3.63, 3.8) is 0 Å². The molecule has 17 N–H and O–H groups in total. The largest absolute Gasteiger partial charge is 0.394 e. The van der Waals surface area contributed by atoms with Gasteiger partial charge in [-0.3, -0.25) is 0 Å². The fourth-order valence-corrected chi connectivity index (χ4v) is 16.8. The maximum absolute atomic E-state index is 12.1. The molecule has 10 rings (SSSR count). The number of fused-ring (bicyclic) bond motifs is 7. The average Bonchev–Trinajstić information content (AvgIpc) is 2.08. The maximum atomic E-state index is 12.1. The number of aliphatic hydroxyl groups is 17. The highest BCUT2D eigenvalue weighted by molar-refractivity contribution is 5.15. The molecular weight excluding hydrogens is 1120 g/mol. The second-order valence-electron chi connectivity index (χ2n) is 26.6. The summed E-state index contributed by atoms with van der Waals surface area (Å²) in [5, 5.41) is 182. The fourth-order valence-electron chi connectivity index (χ4n) is 16.8. The molecule has 84 heavy (non-hydrogen) atoms. The minimum atomic E-state index is -2.02. The van der Waals surface area contributed by atoms with Gasteiger partial charge in [-0.2, -0.15) is 0 Å². The smallest absolute Gasteiger partial charge is 0.187 e. The fraction of sp³-hybridized carbons (Fsp3) is 1.00. The Kier molecular flexibility index (Phi) is 20.6. The van der Waals surface area contributed by atoms with E-state index in [0.29, 0.717) is 43.4 Å². The van der Waals surface area contributed by atoms with Gasteiger partial charge in [-0.05, 0) is 104 Å². The third kappa shape index (κ3) is 12.1. The molecule has 4 aliphatic carbocycles. The molecule has 10 aliphatic rings. The number of hydrogen-bond acceptors (Lipinski definition) is 28. The Bertz CT molecular complexity index is 2140. The summed E-state index contributed by atoms with van der Waals surface area (Å²) >= 11 is 0. The van der Waals surface area contributed by atoms with Gasteiger partial charge in [0.25, 0.3) is 0 Å². The van der Waals surface area contributed by atoms with E-state index in [2.05, 4.69) is 20.8 Å². The molecule has 0 aromatic heterocycles. The average molecular weight is 1220 g/mol. The maximum Gasteiger partial charge on any atom is 0.187 e. The molecule has 10 fully saturated rings. The van der Waals surface area contributed by atoms with E-state index in [1.54, 1.807) is 0 Å². The van der Waals surface area contributed by atoms with Crippen LogP contribution in [0.3, 0.4) is 0 Å². The van der Waals surface area contributed by atoms with Gasteiger partial charge in [0.1, 0.15) is 116 Å². The first-order valence-corrected chi connectivity index (χ1v) is 30.3. The van der Waals surface area contributed by atoms with E-state index < -0.39 is 192 Å². The molecule has 0 spiro atoms. The van der Waals surface area contributed by atoms with Crippen LogP contribution in [0.2, 0.25) is 0 Å². The molecule has 0 aromatic rings. The summed E-state index contributed by atoms with van der Waals surface area (Å²) in [7, 11) is 0. The summed E-state index contributed by atoms with van der Waals surface area (Å²) in [6, 6.07) is 0. The zero-order valence-corrected chi connectivity index (χ0v) is 48.0. The Morgan fingerprint density at radius 3 is 1.73 bits per heavy atom. The molecule has 6 aliphatic heterocycles. The van der Waals surface area contributed by atoms with Crippen molar-refractivity contribution < 1.29 is 139 Å². The van der Waals surface area contributed by atoms with Crippen LogP contribution in [0.15, 0.2) is 0 Å². The topological polar surface area (TPSA) is 445 Å². The van der Waals surface area contributed by atoms with Crippen molar-refractivity contribution in [2.75, 3.05) is 39.6 Å². The Hall–Kier alpha value is -1.12. The quantitative estimate of drug-likeness (QED) is 0.0569. The molecule has 36 atom stereocenters. The molecule has 0 amide bonds. The van der Waals surface area contributed by atoms with Crippen molar-refractivity contribution in [1.29, 1.82) is 0 Å². The predicted molar refractivity (Wildman–Crippen MR) is 278 cm³/mol. The minimum Gasteiger partial charge on any atom is -0.394 e. The molecule has 0 aromatic carbocycles. The summed E-state index contributed by atoms with van der Waals surface area (Å²) in [5.41, 5.74) is -0.0852. The number of ether oxygens (including phenoxy) is 11. The van der Waals surface area contributed by atoms with E-state index in [0.717, 1.165) is 38.5 Å². The van der Waals surface area contributed by atoms with Crippen LogP contribution < -0.4 is 0 Å². The van der Waals surface area contributed by atoms with Gasteiger partial charge >= 0.3 is 0 Å². The van der Waals surface area contributed by atoms with Crippen molar-refractivity contribution in [3.8, 4) is 0 Å². The molecule has 6 heterocycles. The molecule has 486 valence electrons. The summed E-state index contributed by atoms with van der Waals surface area (Å²) < 4.78 is 65.9. The van der Waals surface area contributed by atoms with Crippen molar-refractivity contribution >= 4 is 0 Å². The Morgan fingerprint density at radius 1 is 0.512 bits per heavy atom. The molecule has 1 unspecified atom stereocenters. The van der Waals surface area contributed by atoms with Gasteiger partial charge in [-0.15, -0.1) is 0 Å². The second-order valence-corrected chi connectivity index (χ2v) is 26.6. The van der Waals surface area contributed by atoms with Crippen LogP contribution in [0.5, 0.6) is 0 Å². The standard InChI is InChI=1S/C56H94O28/c1-21(19-74-49-43(70)39(66)36(63)30(15-57)77-49)7-12-56(73)22(2)34-29(84-56)14-27-25-6-5-23-13-24(8-10-54(23,3)26(25)9-11-55(27,34)4)76-51-45(72)41(68)46(33(18-60)80-51)81-53-48(83-52-44(71)40(67)37(64)31(16-58)78-52)47(38(65)32(17-59)79-53)82-50-42(69)35(62)28(61)20-75-50/h21-53,57-73H,5-20H2,1-4H3/t21-,22+,23+,24+,25-,26+,27+,28-,29+,30-,31-,32-,33-,34+,35+,36-,37-,38-,39+,40+,41-,42-,43-,44-,45-,46+,47+,48-,49-,50+,51-,52+,53+,54+,55+,56?/m1/s1. The highest BCUT2D eigenvalue weighted by Crippen LogP contribution is 2.71. The Morgan fingerprint density at radius 2 is 1.06 bits per heavy atom. The van der Waals surface area contributed by atoms with Crippen molar-refractivity contribution in [1.82, 2.24) is 0 Å². The summed E-state index contributed by atoms with van der Waals surface area (Å²) in [6.07, 6.45) is -33.1. The van der Waals surface area contributed by atoms with Crippen LogP contribution in [0.25, 0.3) is 0 Å². The first-order chi connectivity index (χ1) is 39.8. The third-order valence-corrected chi connectivity index (χ3v) is 21.8. The highest BCUT2D eigenvalue weighted by Gasteiger charge is 2.69. The second kappa shape index (κ2) is 26.2. The molecule has 28 heteroatoms. The lowest BCUT2D eigenvalue weighted by molar-refractivity contribution is -0.404. The van der Waals surface area contributed by atoms with Gasteiger partial charge in [0, 0.05) is 12.3 Å². The van der Waals surface area contributed by atoms with Crippen LogP contribution in [-0.2, 0) is 52.1 Å². The van der Waals surface area contributed by atoms with Gasteiger partial charge in [-0.25, -0.2) is 0 Å². The Balaban J connectivity index is 0.759. The van der Waals surface area contributed by atoms with E-state index >= 15 is 0 Å². The van der Waals surface area contributed by atoms with E-state index in [1.807, 2.05) is 6.92 Å². The number of hydrogen-bond donors (Lipinski definition) is 17. The van der Waals surface area contributed by atoms with E-state index in [-0.39, 0.29) is 47.2 Å². The Labute approximate surface area is 487 Å². The molecule has 4 saturated carbocycles. The first kappa shape index (κ1) is 65.8. The van der Waals surface area contributed by atoms with Crippen LogP contribution >= 0.6 is 0 Å². The van der Waals surface area contributed by atoms with Gasteiger partial charge < -0.3 is 139 Å². The monoisotopic (exact) mass is 1210 g/mol.